The van der Waals surface area contributed by atoms with Gasteiger partial charge < -0.3 is 9.64 Å². The molecule has 1 aliphatic rings. The molecule has 1 aliphatic heterocycles. The fraction of sp³-hybridized carbons (Fsp3) is 0. The molecule has 0 amide bonds. The summed E-state index contributed by atoms with van der Waals surface area (Å²) in [5, 5.41) is 0. The Labute approximate surface area is 293 Å². The van der Waals surface area contributed by atoms with Crippen LogP contribution in [-0.4, -0.2) is 0 Å². The highest BCUT2D eigenvalue weighted by Gasteiger charge is 2.25. The number of anilines is 3. The lowest BCUT2D eigenvalue weighted by molar-refractivity contribution is 0.489. The molecular weight excluding hydrogens is 607 g/mol. The van der Waals surface area contributed by atoms with E-state index in [1.807, 2.05) is 0 Å². The summed E-state index contributed by atoms with van der Waals surface area (Å²) >= 11 is 0. The van der Waals surface area contributed by atoms with Crippen molar-refractivity contribution in [2.24, 2.45) is 0 Å². The standard InChI is InChI=1S/C48H33NO/c1-4-13-34(14-5-1)36-23-27-39(28-24-36)49(40-29-25-37(26-30-40)35-15-6-2-7-16-35)41-31-32-45-43-19-10-11-20-44(43)46-22-12-21-42(38-17-8-3-9-18-38)48(46)50-47(45)33-41/h1-33H. The summed E-state index contributed by atoms with van der Waals surface area (Å²) in [5.74, 6) is 1.69. The van der Waals surface area contributed by atoms with Crippen molar-refractivity contribution in [1.29, 1.82) is 0 Å². The van der Waals surface area contributed by atoms with Crippen molar-refractivity contribution in [3.8, 4) is 67.1 Å². The van der Waals surface area contributed by atoms with Crippen LogP contribution in [-0.2, 0) is 0 Å². The summed E-state index contributed by atoms with van der Waals surface area (Å²) in [6.07, 6.45) is 0. The van der Waals surface area contributed by atoms with Crippen molar-refractivity contribution in [3.05, 3.63) is 200 Å². The lowest BCUT2D eigenvalue weighted by Gasteiger charge is -2.27. The SMILES string of the molecule is c1ccc(-c2ccc(N(c3ccc(-c4ccccc4)cc3)c3ccc4c(c3)Oc3c(-c5ccccc5)cccc3-c3ccccc3-4)cc2)cc1. The molecule has 0 N–H and O–H groups in total. The van der Waals surface area contributed by atoms with E-state index in [-0.39, 0.29) is 0 Å². The summed E-state index contributed by atoms with van der Waals surface area (Å²) in [4.78, 5) is 2.31. The van der Waals surface area contributed by atoms with E-state index in [0.29, 0.717) is 0 Å². The molecule has 0 saturated heterocycles. The molecule has 0 aromatic heterocycles. The van der Waals surface area contributed by atoms with Crippen molar-refractivity contribution in [2.45, 2.75) is 0 Å². The van der Waals surface area contributed by atoms with Gasteiger partial charge in [0.25, 0.3) is 0 Å². The molecule has 8 aromatic rings. The van der Waals surface area contributed by atoms with E-state index in [0.717, 1.165) is 61.9 Å². The number of ether oxygens (including phenoxy) is 1. The van der Waals surface area contributed by atoms with Gasteiger partial charge in [0.2, 0.25) is 0 Å². The molecule has 236 valence electrons. The topological polar surface area (TPSA) is 12.5 Å². The van der Waals surface area contributed by atoms with E-state index in [1.165, 1.54) is 22.3 Å². The molecule has 0 atom stereocenters. The van der Waals surface area contributed by atoms with Crippen LogP contribution in [0.3, 0.4) is 0 Å². The van der Waals surface area contributed by atoms with E-state index in [9.17, 15) is 0 Å². The van der Waals surface area contributed by atoms with Gasteiger partial charge in [-0.15, -0.1) is 0 Å². The van der Waals surface area contributed by atoms with Crippen LogP contribution in [0.25, 0.3) is 55.6 Å². The van der Waals surface area contributed by atoms with Gasteiger partial charge in [-0.2, -0.15) is 0 Å². The minimum absolute atomic E-state index is 0.823. The van der Waals surface area contributed by atoms with E-state index in [2.05, 4.69) is 205 Å². The summed E-state index contributed by atoms with van der Waals surface area (Å²) < 4.78 is 7.06. The number of benzene rings is 8. The van der Waals surface area contributed by atoms with Crippen LogP contribution in [0.1, 0.15) is 0 Å². The average molecular weight is 640 g/mol. The molecule has 1 heterocycles. The smallest absolute Gasteiger partial charge is 0.143 e. The zero-order valence-electron chi connectivity index (χ0n) is 27.4. The lowest BCUT2D eigenvalue weighted by Crippen LogP contribution is -2.10. The molecule has 9 rings (SSSR count). The first-order valence-electron chi connectivity index (χ1n) is 17.0. The largest absolute Gasteiger partial charge is 0.455 e. The molecule has 8 aromatic carbocycles. The van der Waals surface area contributed by atoms with Crippen molar-refractivity contribution >= 4 is 17.1 Å². The Balaban J connectivity index is 1.20. The molecule has 0 bridgehead atoms. The zero-order valence-corrected chi connectivity index (χ0v) is 27.4. The van der Waals surface area contributed by atoms with E-state index < -0.39 is 0 Å². The van der Waals surface area contributed by atoms with Crippen LogP contribution in [0.5, 0.6) is 11.5 Å². The summed E-state index contributed by atoms with van der Waals surface area (Å²) in [6, 6.07) is 70.9. The summed E-state index contributed by atoms with van der Waals surface area (Å²) in [6.45, 7) is 0. The molecule has 0 radical (unpaired) electrons. The van der Waals surface area contributed by atoms with Crippen LogP contribution in [0.15, 0.2) is 200 Å². The highest BCUT2D eigenvalue weighted by atomic mass is 16.5. The molecule has 0 saturated carbocycles. The molecule has 0 fully saturated rings. The monoisotopic (exact) mass is 639 g/mol. The van der Waals surface area contributed by atoms with Crippen LogP contribution < -0.4 is 9.64 Å². The van der Waals surface area contributed by atoms with Crippen LogP contribution in [0, 0.1) is 0 Å². The number of hydrogen-bond donors (Lipinski definition) is 0. The quantitative estimate of drug-likeness (QED) is 0.179. The van der Waals surface area contributed by atoms with Crippen molar-refractivity contribution in [2.75, 3.05) is 4.90 Å². The second-order valence-electron chi connectivity index (χ2n) is 12.5. The van der Waals surface area contributed by atoms with Gasteiger partial charge in [-0.05, 0) is 75.3 Å². The highest BCUT2D eigenvalue weighted by Crippen LogP contribution is 2.51. The van der Waals surface area contributed by atoms with Crippen LogP contribution in [0.4, 0.5) is 17.1 Å². The van der Waals surface area contributed by atoms with Crippen molar-refractivity contribution < 1.29 is 4.74 Å². The Morgan fingerprint density at radius 1 is 0.280 bits per heavy atom. The van der Waals surface area contributed by atoms with Gasteiger partial charge in [0.15, 0.2) is 0 Å². The van der Waals surface area contributed by atoms with Gasteiger partial charge in [-0.25, -0.2) is 0 Å². The molecular formula is C48H33NO. The molecule has 50 heavy (non-hydrogen) atoms. The lowest BCUT2D eigenvalue weighted by atomic mass is 9.92. The Morgan fingerprint density at radius 3 is 1.26 bits per heavy atom. The number of nitrogens with zero attached hydrogens (tertiary/aromatic N) is 1. The van der Waals surface area contributed by atoms with Crippen LogP contribution >= 0.6 is 0 Å². The van der Waals surface area contributed by atoms with Gasteiger partial charge in [0.05, 0.1) is 0 Å². The maximum absolute atomic E-state index is 7.06. The van der Waals surface area contributed by atoms with E-state index >= 15 is 0 Å². The predicted octanol–water partition coefficient (Wildman–Crippen LogP) is 13.6. The highest BCUT2D eigenvalue weighted by molar-refractivity contribution is 5.95. The fourth-order valence-corrected chi connectivity index (χ4v) is 7.04. The van der Waals surface area contributed by atoms with Gasteiger partial charge in [0.1, 0.15) is 11.5 Å². The number of hydrogen-bond acceptors (Lipinski definition) is 2. The van der Waals surface area contributed by atoms with E-state index in [4.69, 9.17) is 4.74 Å². The predicted molar refractivity (Wildman–Crippen MR) is 208 cm³/mol. The second-order valence-corrected chi connectivity index (χ2v) is 12.5. The third kappa shape index (κ3) is 5.43. The van der Waals surface area contributed by atoms with Gasteiger partial charge in [-0.3, -0.25) is 0 Å². The Bertz CT molecular complexity index is 2330. The molecule has 0 aliphatic carbocycles. The maximum Gasteiger partial charge on any atom is 0.143 e. The molecule has 2 nitrogen and oxygen atoms in total. The van der Waals surface area contributed by atoms with Gasteiger partial charge in [-0.1, -0.05) is 158 Å². The molecule has 0 spiro atoms. The fourth-order valence-electron chi connectivity index (χ4n) is 7.04. The first-order chi connectivity index (χ1) is 24.8. The third-order valence-electron chi connectivity index (χ3n) is 9.51. The first kappa shape index (κ1) is 29.5. The van der Waals surface area contributed by atoms with E-state index in [1.54, 1.807) is 0 Å². The Hall–Kier alpha value is -6.64. The number of rotatable bonds is 6. The van der Waals surface area contributed by atoms with Crippen molar-refractivity contribution in [3.63, 3.8) is 0 Å². The normalized spacial score (nSPS) is 11.4. The number of para-hydroxylation sites is 1. The second kappa shape index (κ2) is 12.8. The average Bonchev–Trinajstić information content (AvgIpc) is 3.34. The zero-order chi connectivity index (χ0) is 33.3. The van der Waals surface area contributed by atoms with Crippen molar-refractivity contribution in [1.82, 2.24) is 0 Å². The van der Waals surface area contributed by atoms with Gasteiger partial charge in [0, 0.05) is 39.8 Å². The minimum atomic E-state index is 0.823. The van der Waals surface area contributed by atoms with Gasteiger partial charge >= 0.3 is 0 Å². The maximum atomic E-state index is 7.06. The third-order valence-corrected chi connectivity index (χ3v) is 9.51. The Kier molecular flexibility index (Phi) is 7.53. The molecule has 2 heteroatoms. The first-order valence-corrected chi connectivity index (χ1v) is 17.0. The molecule has 0 unspecified atom stereocenters. The van der Waals surface area contributed by atoms with Crippen LogP contribution in [0.2, 0.25) is 0 Å². The summed E-state index contributed by atoms with van der Waals surface area (Å²) in [7, 11) is 0. The minimum Gasteiger partial charge on any atom is -0.455 e. The summed E-state index contributed by atoms with van der Waals surface area (Å²) in [5.41, 5.74) is 14.6. The number of fused-ring (bicyclic) bond motifs is 5. The Morgan fingerprint density at radius 2 is 0.700 bits per heavy atom.